The van der Waals surface area contributed by atoms with E-state index >= 15 is 0 Å². The second kappa shape index (κ2) is 4.34. The summed E-state index contributed by atoms with van der Waals surface area (Å²) in [5.41, 5.74) is 1.94. The molecule has 0 radical (unpaired) electrons. The largest absolute Gasteiger partial charge is 0.341 e. The van der Waals surface area contributed by atoms with Crippen LogP contribution in [0.1, 0.15) is 5.69 Å². The summed E-state index contributed by atoms with van der Waals surface area (Å²) < 4.78 is 1.92. The van der Waals surface area contributed by atoms with Gasteiger partial charge in [0.05, 0.1) is 0 Å². The normalized spacial score (nSPS) is 10.8. The minimum atomic E-state index is 0.698. The molecule has 0 saturated carbocycles. The van der Waals surface area contributed by atoms with Crippen LogP contribution in [0.15, 0.2) is 47.6 Å². The molecule has 90 valence electrons. The van der Waals surface area contributed by atoms with Gasteiger partial charge in [-0.25, -0.2) is 9.97 Å². The van der Waals surface area contributed by atoms with E-state index in [0.717, 1.165) is 22.1 Å². The fourth-order valence-corrected chi connectivity index (χ4v) is 1.96. The van der Waals surface area contributed by atoms with Crippen molar-refractivity contribution in [1.29, 1.82) is 0 Å². The molecule has 3 rings (SSSR count). The number of aryl methyl sites for hydroxylation is 1. The molecule has 3 aromatic rings. The molecule has 1 aromatic carbocycles. The number of thiol groups is 1. The molecule has 2 aromatic heterocycles. The van der Waals surface area contributed by atoms with Crippen LogP contribution in [0.3, 0.4) is 0 Å². The van der Waals surface area contributed by atoms with Crippen molar-refractivity contribution in [3.05, 3.63) is 48.4 Å². The van der Waals surface area contributed by atoms with Gasteiger partial charge in [0.15, 0.2) is 0 Å². The number of aromatic nitrogens is 3. The Balaban J connectivity index is 2.03. The zero-order valence-electron chi connectivity index (χ0n) is 9.83. The monoisotopic (exact) mass is 256 g/mol. The Morgan fingerprint density at radius 3 is 2.78 bits per heavy atom. The number of rotatable bonds is 2. The van der Waals surface area contributed by atoms with Gasteiger partial charge in [0.2, 0.25) is 5.78 Å². The Bertz CT molecular complexity index is 688. The third-order valence-corrected chi connectivity index (χ3v) is 2.94. The zero-order valence-corrected chi connectivity index (χ0v) is 10.7. The summed E-state index contributed by atoms with van der Waals surface area (Å²) in [6, 6.07) is 9.86. The predicted molar refractivity (Wildman–Crippen MR) is 74.7 cm³/mol. The molecule has 18 heavy (non-hydrogen) atoms. The number of hydrogen-bond donors (Lipinski definition) is 2. The van der Waals surface area contributed by atoms with Crippen molar-refractivity contribution in [2.24, 2.45) is 0 Å². The summed E-state index contributed by atoms with van der Waals surface area (Å²) in [5.74, 6) is 1.64. The highest BCUT2D eigenvalue weighted by atomic mass is 32.1. The first-order valence-corrected chi connectivity index (χ1v) is 6.04. The third kappa shape index (κ3) is 2.04. The number of anilines is 2. The average molecular weight is 256 g/mol. The summed E-state index contributed by atoms with van der Waals surface area (Å²) in [7, 11) is 0. The average Bonchev–Trinajstić information content (AvgIpc) is 2.80. The highest BCUT2D eigenvalue weighted by Crippen LogP contribution is 2.19. The van der Waals surface area contributed by atoms with Gasteiger partial charge in [0.25, 0.3) is 0 Å². The molecule has 0 unspecified atom stereocenters. The first-order valence-electron chi connectivity index (χ1n) is 5.59. The van der Waals surface area contributed by atoms with E-state index in [1.165, 1.54) is 0 Å². The van der Waals surface area contributed by atoms with Gasteiger partial charge in [-0.15, -0.1) is 12.6 Å². The van der Waals surface area contributed by atoms with E-state index in [-0.39, 0.29) is 0 Å². The number of fused-ring (bicyclic) bond motifs is 1. The van der Waals surface area contributed by atoms with Crippen LogP contribution in [-0.2, 0) is 0 Å². The van der Waals surface area contributed by atoms with Crippen LogP contribution < -0.4 is 5.32 Å². The second-order valence-electron chi connectivity index (χ2n) is 4.05. The molecule has 0 fully saturated rings. The van der Waals surface area contributed by atoms with Crippen molar-refractivity contribution in [2.75, 3.05) is 5.32 Å². The quantitative estimate of drug-likeness (QED) is 0.692. The maximum absolute atomic E-state index is 4.35. The lowest BCUT2D eigenvalue weighted by molar-refractivity contribution is 1.07. The van der Waals surface area contributed by atoms with Crippen molar-refractivity contribution in [3.8, 4) is 0 Å². The van der Waals surface area contributed by atoms with Crippen LogP contribution >= 0.6 is 12.6 Å². The molecule has 0 aliphatic rings. The van der Waals surface area contributed by atoms with Crippen LogP contribution in [0.4, 0.5) is 11.5 Å². The molecular formula is C13H12N4S. The van der Waals surface area contributed by atoms with E-state index < -0.39 is 0 Å². The molecule has 0 amide bonds. The number of benzene rings is 1. The van der Waals surface area contributed by atoms with Gasteiger partial charge >= 0.3 is 0 Å². The fraction of sp³-hybridized carbons (Fsp3) is 0.0769. The summed E-state index contributed by atoms with van der Waals surface area (Å²) in [6.45, 7) is 1.96. The van der Waals surface area contributed by atoms with Crippen molar-refractivity contribution >= 4 is 29.9 Å². The van der Waals surface area contributed by atoms with Crippen LogP contribution in [0.5, 0.6) is 0 Å². The maximum atomic E-state index is 4.35. The van der Waals surface area contributed by atoms with E-state index in [4.69, 9.17) is 0 Å². The van der Waals surface area contributed by atoms with Crippen LogP contribution in [-0.4, -0.2) is 14.4 Å². The van der Waals surface area contributed by atoms with Crippen molar-refractivity contribution in [3.63, 3.8) is 0 Å². The molecule has 4 nitrogen and oxygen atoms in total. The van der Waals surface area contributed by atoms with E-state index in [9.17, 15) is 0 Å². The Hall–Kier alpha value is -2.01. The topological polar surface area (TPSA) is 42.2 Å². The Morgan fingerprint density at radius 2 is 2.00 bits per heavy atom. The Labute approximate surface area is 110 Å². The van der Waals surface area contributed by atoms with Crippen LogP contribution in [0.2, 0.25) is 0 Å². The lowest BCUT2D eigenvalue weighted by atomic mass is 10.3. The highest BCUT2D eigenvalue weighted by Gasteiger charge is 2.04. The second-order valence-corrected chi connectivity index (χ2v) is 4.57. The SMILES string of the molecule is Cc1cc(Nc2ccc(S)cc2)n2ccnc2n1. The first-order chi connectivity index (χ1) is 8.72. The number of hydrogen-bond acceptors (Lipinski definition) is 4. The van der Waals surface area contributed by atoms with E-state index in [2.05, 4.69) is 27.9 Å². The Kier molecular flexibility index (Phi) is 2.68. The summed E-state index contributed by atoms with van der Waals surface area (Å²) >= 11 is 4.27. The van der Waals surface area contributed by atoms with Gasteiger partial charge in [-0.05, 0) is 31.2 Å². The minimum Gasteiger partial charge on any atom is -0.341 e. The molecule has 0 aliphatic heterocycles. The lowest BCUT2D eigenvalue weighted by Crippen LogP contribution is -2.00. The van der Waals surface area contributed by atoms with Gasteiger partial charge in [-0.2, -0.15) is 0 Å². The highest BCUT2D eigenvalue weighted by molar-refractivity contribution is 7.80. The van der Waals surface area contributed by atoms with Gasteiger partial charge in [0, 0.05) is 34.7 Å². The summed E-state index contributed by atoms with van der Waals surface area (Å²) in [6.07, 6.45) is 3.63. The smallest absolute Gasteiger partial charge is 0.235 e. The van der Waals surface area contributed by atoms with Gasteiger partial charge in [0.1, 0.15) is 5.82 Å². The zero-order chi connectivity index (χ0) is 12.5. The van der Waals surface area contributed by atoms with E-state index in [1.54, 1.807) is 6.20 Å². The predicted octanol–water partition coefficient (Wildman–Crippen LogP) is 3.07. The van der Waals surface area contributed by atoms with Crippen molar-refractivity contribution in [2.45, 2.75) is 11.8 Å². The van der Waals surface area contributed by atoms with E-state index in [0.29, 0.717) is 5.78 Å². The molecule has 0 saturated heterocycles. The van der Waals surface area contributed by atoms with Crippen molar-refractivity contribution < 1.29 is 0 Å². The van der Waals surface area contributed by atoms with Crippen LogP contribution in [0.25, 0.3) is 5.78 Å². The molecule has 5 heteroatoms. The van der Waals surface area contributed by atoms with Gasteiger partial charge in [-0.3, -0.25) is 4.40 Å². The van der Waals surface area contributed by atoms with Crippen molar-refractivity contribution in [1.82, 2.24) is 14.4 Å². The lowest BCUT2D eigenvalue weighted by Gasteiger charge is -2.09. The molecule has 0 spiro atoms. The van der Waals surface area contributed by atoms with Crippen LogP contribution in [0, 0.1) is 6.92 Å². The first kappa shape index (κ1) is 11.1. The number of imidazole rings is 1. The fourth-order valence-electron chi connectivity index (χ4n) is 1.81. The van der Waals surface area contributed by atoms with E-state index in [1.807, 2.05) is 47.9 Å². The molecular weight excluding hydrogens is 244 g/mol. The molecule has 1 N–H and O–H groups in total. The molecule has 0 atom stereocenters. The molecule has 0 aliphatic carbocycles. The molecule has 2 heterocycles. The van der Waals surface area contributed by atoms with Gasteiger partial charge in [-0.1, -0.05) is 0 Å². The molecule has 0 bridgehead atoms. The maximum Gasteiger partial charge on any atom is 0.235 e. The Morgan fingerprint density at radius 1 is 1.22 bits per heavy atom. The standard InChI is InChI=1S/C13H12N4S/c1-9-8-12(17-7-6-14-13(17)15-9)16-10-2-4-11(18)5-3-10/h2-8,16,18H,1H3. The number of nitrogens with zero attached hydrogens (tertiary/aromatic N) is 3. The summed E-state index contributed by atoms with van der Waals surface area (Å²) in [5, 5.41) is 3.35. The third-order valence-electron chi connectivity index (χ3n) is 2.64. The number of nitrogens with one attached hydrogen (secondary N) is 1. The summed E-state index contributed by atoms with van der Waals surface area (Å²) in [4.78, 5) is 9.49. The minimum absolute atomic E-state index is 0.698. The van der Waals surface area contributed by atoms with Gasteiger partial charge < -0.3 is 5.32 Å².